The molecule has 0 saturated carbocycles. The Morgan fingerprint density at radius 3 is 2.62 bits per heavy atom. The van der Waals surface area contributed by atoms with Crippen LogP contribution in [-0.2, 0) is 6.54 Å². The maximum absolute atomic E-state index is 12.5. The van der Waals surface area contributed by atoms with E-state index >= 15 is 0 Å². The fourth-order valence-corrected chi connectivity index (χ4v) is 3.15. The van der Waals surface area contributed by atoms with Gasteiger partial charge in [0, 0.05) is 24.7 Å². The molecule has 2 heterocycles. The first kappa shape index (κ1) is 16.9. The summed E-state index contributed by atoms with van der Waals surface area (Å²) >= 11 is 5.88. The van der Waals surface area contributed by atoms with Gasteiger partial charge in [0.15, 0.2) is 5.69 Å². The van der Waals surface area contributed by atoms with Gasteiger partial charge in [-0.25, -0.2) is 4.68 Å². The van der Waals surface area contributed by atoms with Gasteiger partial charge >= 0.3 is 0 Å². The van der Waals surface area contributed by atoms with Crippen molar-refractivity contribution in [1.82, 2.24) is 19.9 Å². The summed E-state index contributed by atoms with van der Waals surface area (Å²) in [5.74, 6) is 0.444. The monoisotopic (exact) mass is 348 g/mol. The molecule has 1 fully saturated rings. The lowest BCUT2D eigenvalue weighted by atomic mass is 9.94. The number of carbonyl (C=O) groups is 1. The molecule has 2 aromatic rings. The van der Waals surface area contributed by atoms with Crippen LogP contribution in [0.2, 0.25) is 5.02 Å². The number of benzene rings is 1. The zero-order valence-electron chi connectivity index (χ0n) is 13.4. The summed E-state index contributed by atoms with van der Waals surface area (Å²) < 4.78 is 1.66. The van der Waals surface area contributed by atoms with E-state index in [1.54, 1.807) is 10.9 Å². The Kier molecular flexibility index (Phi) is 5.48. The lowest BCUT2D eigenvalue weighted by molar-refractivity contribution is 0.0672. The van der Waals surface area contributed by atoms with Crippen molar-refractivity contribution in [1.29, 1.82) is 0 Å². The largest absolute Gasteiger partial charge is 0.396 e. The summed E-state index contributed by atoms with van der Waals surface area (Å²) in [5.41, 5.74) is 1.43. The van der Waals surface area contributed by atoms with Crippen molar-refractivity contribution >= 4 is 17.5 Å². The summed E-state index contributed by atoms with van der Waals surface area (Å²) in [6.07, 6.45) is 4.38. The quantitative estimate of drug-likeness (QED) is 0.899. The van der Waals surface area contributed by atoms with Crippen molar-refractivity contribution in [2.75, 3.05) is 19.7 Å². The number of aliphatic hydroxyl groups is 1. The van der Waals surface area contributed by atoms with Crippen LogP contribution in [0.1, 0.15) is 35.3 Å². The molecule has 0 bridgehead atoms. The number of rotatable bonds is 5. The van der Waals surface area contributed by atoms with E-state index in [4.69, 9.17) is 16.7 Å². The first-order chi connectivity index (χ1) is 11.7. The molecular formula is C17H21ClN4O2. The normalized spacial score (nSPS) is 15.7. The number of halogens is 1. The summed E-state index contributed by atoms with van der Waals surface area (Å²) in [6, 6.07) is 7.52. The van der Waals surface area contributed by atoms with Gasteiger partial charge in [-0.15, -0.1) is 5.10 Å². The van der Waals surface area contributed by atoms with Crippen LogP contribution in [0.5, 0.6) is 0 Å². The summed E-state index contributed by atoms with van der Waals surface area (Å²) in [7, 11) is 0. The number of piperidine rings is 1. The number of carbonyl (C=O) groups excluding carboxylic acids is 1. The van der Waals surface area contributed by atoms with Crippen LogP contribution in [0.25, 0.3) is 0 Å². The van der Waals surface area contributed by atoms with Crippen molar-refractivity contribution < 1.29 is 9.90 Å². The minimum absolute atomic E-state index is 0.0696. The van der Waals surface area contributed by atoms with E-state index < -0.39 is 0 Å². The van der Waals surface area contributed by atoms with Crippen LogP contribution >= 0.6 is 11.6 Å². The third-order valence-corrected chi connectivity index (χ3v) is 4.71. The zero-order valence-corrected chi connectivity index (χ0v) is 14.2. The van der Waals surface area contributed by atoms with E-state index in [2.05, 4.69) is 10.3 Å². The topological polar surface area (TPSA) is 71.2 Å². The van der Waals surface area contributed by atoms with Crippen LogP contribution in [-0.4, -0.2) is 50.6 Å². The number of aliphatic hydroxyl groups excluding tert-OH is 1. The van der Waals surface area contributed by atoms with Crippen LogP contribution in [0.4, 0.5) is 0 Å². The Balaban J connectivity index is 1.59. The molecule has 1 aliphatic rings. The predicted octanol–water partition coefficient (Wildman–Crippen LogP) is 2.21. The smallest absolute Gasteiger partial charge is 0.276 e. The predicted molar refractivity (Wildman–Crippen MR) is 90.9 cm³/mol. The lowest BCUT2D eigenvalue weighted by Crippen LogP contribution is -2.38. The van der Waals surface area contributed by atoms with E-state index in [-0.39, 0.29) is 12.5 Å². The molecule has 128 valence electrons. The van der Waals surface area contributed by atoms with Crippen molar-refractivity contribution in [3.8, 4) is 0 Å². The molecule has 0 radical (unpaired) electrons. The highest BCUT2D eigenvalue weighted by Gasteiger charge is 2.25. The number of amides is 1. The van der Waals surface area contributed by atoms with Crippen LogP contribution in [0.3, 0.4) is 0 Å². The maximum Gasteiger partial charge on any atom is 0.276 e. The first-order valence-electron chi connectivity index (χ1n) is 8.20. The lowest BCUT2D eigenvalue weighted by Gasteiger charge is -2.31. The SMILES string of the molecule is O=C(c1cn(Cc2ccc(Cl)cc2)nn1)N1CCC(CCO)CC1. The number of hydrogen-bond donors (Lipinski definition) is 1. The highest BCUT2D eigenvalue weighted by molar-refractivity contribution is 6.30. The highest BCUT2D eigenvalue weighted by Crippen LogP contribution is 2.21. The van der Waals surface area contributed by atoms with Gasteiger partial charge in [0.1, 0.15) is 0 Å². The molecule has 0 atom stereocenters. The van der Waals surface area contributed by atoms with Gasteiger partial charge in [0.2, 0.25) is 0 Å². The molecule has 1 amide bonds. The standard InChI is InChI=1S/C17H21ClN4O2/c18-15-3-1-14(2-4-15)11-22-12-16(19-20-22)17(24)21-8-5-13(6-9-21)7-10-23/h1-4,12-13,23H,5-11H2. The number of likely N-dealkylation sites (tertiary alicyclic amines) is 1. The van der Waals surface area contributed by atoms with Gasteiger partial charge in [-0.1, -0.05) is 28.9 Å². The van der Waals surface area contributed by atoms with Crippen LogP contribution in [0.15, 0.2) is 30.5 Å². The maximum atomic E-state index is 12.5. The Labute approximate surface area is 146 Å². The van der Waals surface area contributed by atoms with Gasteiger partial charge in [-0.2, -0.15) is 0 Å². The average molecular weight is 349 g/mol. The van der Waals surface area contributed by atoms with Crippen LogP contribution < -0.4 is 0 Å². The fraction of sp³-hybridized carbons (Fsp3) is 0.471. The van der Waals surface area contributed by atoms with Crippen molar-refractivity contribution in [2.24, 2.45) is 5.92 Å². The van der Waals surface area contributed by atoms with E-state index in [1.165, 1.54) is 0 Å². The van der Waals surface area contributed by atoms with E-state index in [0.29, 0.717) is 36.3 Å². The van der Waals surface area contributed by atoms with Gasteiger partial charge in [-0.3, -0.25) is 4.79 Å². The summed E-state index contributed by atoms with van der Waals surface area (Å²) in [6.45, 7) is 2.20. The minimum Gasteiger partial charge on any atom is -0.396 e. The molecule has 0 spiro atoms. The second kappa shape index (κ2) is 7.77. The molecule has 1 saturated heterocycles. The number of hydrogen-bond acceptors (Lipinski definition) is 4. The third kappa shape index (κ3) is 4.13. The number of nitrogens with zero attached hydrogens (tertiary/aromatic N) is 4. The minimum atomic E-state index is -0.0696. The Bertz CT molecular complexity index is 678. The van der Waals surface area contributed by atoms with Crippen molar-refractivity contribution in [2.45, 2.75) is 25.8 Å². The zero-order chi connectivity index (χ0) is 16.9. The summed E-state index contributed by atoms with van der Waals surface area (Å²) in [4.78, 5) is 14.3. The van der Waals surface area contributed by atoms with E-state index in [1.807, 2.05) is 29.2 Å². The molecular weight excluding hydrogens is 328 g/mol. The molecule has 7 heteroatoms. The average Bonchev–Trinajstić information content (AvgIpc) is 3.06. The van der Waals surface area contributed by atoms with Crippen molar-refractivity contribution in [3.05, 3.63) is 46.7 Å². The Morgan fingerprint density at radius 2 is 1.96 bits per heavy atom. The Hall–Kier alpha value is -1.92. The first-order valence-corrected chi connectivity index (χ1v) is 8.58. The van der Waals surface area contributed by atoms with E-state index in [0.717, 1.165) is 24.8 Å². The second-order valence-corrected chi connectivity index (χ2v) is 6.61. The fourth-order valence-electron chi connectivity index (χ4n) is 3.02. The second-order valence-electron chi connectivity index (χ2n) is 6.18. The van der Waals surface area contributed by atoms with Gasteiger partial charge < -0.3 is 10.0 Å². The van der Waals surface area contributed by atoms with Crippen LogP contribution in [0, 0.1) is 5.92 Å². The molecule has 6 nitrogen and oxygen atoms in total. The van der Waals surface area contributed by atoms with Crippen molar-refractivity contribution in [3.63, 3.8) is 0 Å². The molecule has 1 aromatic carbocycles. The molecule has 1 N–H and O–H groups in total. The number of aromatic nitrogens is 3. The summed E-state index contributed by atoms with van der Waals surface area (Å²) in [5, 5.41) is 17.8. The Morgan fingerprint density at radius 1 is 1.25 bits per heavy atom. The molecule has 1 aromatic heterocycles. The highest BCUT2D eigenvalue weighted by atomic mass is 35.5. The van der Waals surface area contributed by atoms with Gasteiger partial charge in [-0.05, 0) is 42.9 Å². The third-order valence-electron chi connectivity index (χ3n) is 4.45. The molecule has 3 rings (SSSR count). The molecule has 0 unspecified atom stereocenters. The molecule has 24 heavy (non-hydrogen) atoms. The van der Waals surface area contributed by atoms with Gasteiger partial charge in [0.05, 0.1) is 12.7 Å². The van der Waals surface area contributed by atoms with E-state index in [9.17, 15) is 4.79 Å². The molecule has 1 aliphatic heterocycles. The molecule has 0 aliphatic carbocycles. The van der Waals surface area contributed by atoms with Gasteiger partial charge in [0.25, 0.3) is 5.91 Å².